The van der Waals surface area contributed by atoms with Crippen molar-refractivity contribution < 1.29 is 19.5 Å². The van der Waals surface area contributed by atoms with E-state index in [2.05, 4.69) is 26.6 Å². The van der Waals surface area contributed by atoms with Crippen LogP contribution in [0.2, 0.25) is 0 Å². The highest BCUT2D eigenvalue weighted by molar-refractivity contribution is 9.10. The Labute approximate surface area is 178 Å². The number of hydrogen-bond donors (Lipinski definition) is 3. The van der Waals surface area contributed by atoms with Gasteiger partial charge in [-0.25, -0.2) is 4.79 Å². The number of carboxylic acids is 1. The van der Waals surface area contributed by atoms with Crippen molar-refractivity contribution in [3.63, 3.8) is 0 Å². The average Bonchev–Trinajstić information content (AvgIpc) is 2.68. The third-order valence-electron chi connectivity index (χ3n) is 4.02. The van der Waals surface area contributed by atoms with Crippen molar-refractivity contribution in [2.45, 2.75) is 26.3 Å². The smallest absolute Gasteiger partial charge is 0.326 e. The topological polar surface area (TPSA) is 95.5 Å². The summed E-state index contributed by atoms with van der Waals surface area (Å²) in [6.45, 7) is 3.75. The van der Waals surface area contributed by atoms with Crippen LogP contribution < -0.4 is 10.6 Å². The van der Waals surface area contributed by atoms with Gasteiger partial charge < -0.3 is 15.7 Å². The number of carbonyl (C=O) groups is 3. The lowest BCUT2D eigenvalue weighted by atomic mass is 10.0. The summed E-state index contributed by atoms with van der Waals surface area (Å²) in [5, 5.41) is 14.5. The number of carbonyl (C=O) groups excluding carboxylic acids is 2. The number of nitrogens with one attached hydrogen (secondary N) is 2. The Morgan fingerprint density at radius 2 is 1.66 bits per heavy atom. The second-order valence-electron chi connectivity index (χ2n) is 6.92. The maximum absolute atomic E-state index is 12.8. The molecule has 6 nitrogen and oxygen atoms in total. The van der Waals surface area contributed by atoms with Gasteiger partial charge in [-0.1, -0.05) is 60.1 Å². The van der Waals surface area contributed by atoms with Gasteiger partial charge in [-0.15, -0.1) is 0 Å². The fraction of sp³-hybridized carbons (Fsp3) is 0.227. The van der Waals surface area contributed by atoms with Crippen molar-refractivity contribution in [2.24, 2.45) is 5.92 Å². The molecule has 0 bridgehead atoms. The average molecular weight is 459 g/mol. The predicted octanol–water partition coefficient (Wildman–Crippen LogP) is 3.84. The number of aliphatic carboxylic acids is 1. The van der Waals surface area contributed by atoms with Gasteiger partial charge in [-0.05, 0) is 48.2 Å². The third kappa shape index (κ3) is 7.19. The number of amides is 2. The van der Waals surface area contributed by atoms with Gasteiger partial charge in [0.2, 0.25) is 0 Å². The molecular weight excluding hydrogens is 436 g/mol. The standard InChI is InChI=1S/C22H23BrN2O4/c1-14(2)12-19(22(28)29)25-21(27)18(13-15-8-10-17(23)11-9-15)24-20(26)16-6-4-3-5-7-16/h3-11,13-14,19H,12H2,1-2H3,(H,24,26)(H,25,27)(H,28,29). The van der Waals surface area contributed by atoms with E-state index in [-0.39, 0.29) is 18.0 Å². The Hall–Kier alpha value is -2.93. The van der Waals surface area contributed by atoms with Gasteiger partial charge in [-0.3, -0.25) is 9.59 Å². The minimum atomic E-state index is -1.12. The fourth-order valence-corrected chi connectivity index (χ4v) is 2.86. The second kappa shape index (κ2) is 10.6. The van der Waals surface area contributed by atoms with Crippen LogP contribution in [0.25, 0.3) is 6.08 Å². The normalized spacial score (nSPS) is 12.3. The summed E-state index contributed by atoms with van der Waals surface area (Å²) in [7, 11) is 0. The van der Waals surface area contributed by atoms with Crippen LogP contribution in [0.3, 0.4) is 0 Å². The largest absolute Gasteiger partial charge is 0.480 e. The molecule has 2 aromatic rings. The number of halogens is 1. The van der Waals surface area contributed by atoms with Crippen LogP contribution in [-0.4, -0.2) is 28.9 Å². The molecule has 0 saturated carbocycles. The van der Waals surface area contributed by atoms with Crippen molar-refractivity contribution in [1.29, 1.82) is 0 Å². The van der Waals surface area contributed by atoms with E-state index < -0.39 is 23.8 Å². The van der Waals surface area contributed by atoms with Crippen LogP contribution in [0.5, 0.6) is 0 Å². The zero-order chi connectivity index (χ0) is 21.4. The highest BCUT2D eigenvalue weighted by atomic mass is 79.9. The molecule has 7 heteroatoms. The Morgan fingerprint density at radius 1 is 1.03 bits per heavy atom. The first-order valence-corrected chi connectivity index (χ1v) is 9.93. The molecule has 3 N–H and O–H groups in total. The van der Waals surface area contributed by atoms with Crippen molar-refractivity contribution in [3.05, 3.63) is 75.9 Å². The monoisotopic (exact) mass is 458 g/mol. The van der Waals surface area contributed by atoms with Gasteiger partial charge in [0.25, 0.3) is 11.8 Å². The summed E-state index contributed by atoms with van der Waals surface area (Å²) >= 11 is 3.35. The highest BCUT2D eigenvalue weighted by Crippen LogP contribution is 2.14. The van der Waals surface area contributed by atoms with Gasteiger partial charge >= 0.3 is 5.97 Å². The Balaban J connectivity index is 2.30. The minimum Gasteiger partial charge on any atom is -0.480 e. The molecule has 0 heterocycles. The van der Waals surface area contributed by atoms with E-state index in [9.17, 15) is 19.5 Å². The lowest BCUT2D eigenvalue weighted by Gasteiger charge is -2.18. The second-order valence-corrected chi connectivity index (χ2v) is 7.84. The van der Waals surface area contributed by atoms with Crippen LogP contribution in [-0.2, 0) is 9.59 Å². The van der Waals surface area contributed by atoms with E-state index in [4.69, 9.17) is 0 Å². The molecule has 0 saturated heterocycles. The molecule has 1 atom stereocenters. The molecule has 0 fully saturated rings. The Morgan fingerprint density at radius 3 is 2.21 bits per heavy atom. The molecule has 152 valence electrons. The van der Waals surface area contributed by atoms with Crippen molar-refractivity contribution in [3.8, 4) is 0 Å². The molecule has 1 unspecified atom stereocenters. The molecule has 29 heavy (non-hydrogen) atoms. The van der Waals surface area contributed by atoms with Crippen molar-refractivity contribution in [2.75, 3.05) is 0 Å². The lowest BCUT2D eigenvalue weighted by molar-refractivity contribution is -0.141. The van der Waals surface area contributed by atoms with Crippen LogP contribution in [0.4, 0.5) is 0 Å². The number of benzene rings is 2. The van der Waals surface area contributed by atoms with Crippen molar-refractivity contribution >= 4 is 39.8 Å². The highest BCUT2D eigenvalue weighted by Gasteiger charge is 2.24. The van der Waals surface area contributed by atoms with Crippen LogP contribution in [0.1, 0.15) is 36.2 Å². The maximum atomic E-state index is 12.8. The SMILES string of the molecule is CC(C)CC(NC(=O)C(=Cc1ccc(Br)cc1)NC(=O)c1ccccc1)C(=O)O. The summed E-state index contributed by atoms with van der Waals surface area (Å²) in [5.41, 5.74) is 1.04. The molecule has 0 radical (unpaired) electrons. The quantitative estimate of drug-likeness (QED) is 0.523. The van der Waals surface area contributed by atoms with Crippen molar-refractivity contribution in [1.82, 2.24) is 10.6 Å². The molecule has 2 rings (SSSR count). The first kappa shape index (κ1) is 22.4. The maximum Gasteiger partial charge on any atom is 0.326 e. The molecule has 0 aliphatic rings. The van der Waals surface area contributed by atoms with Gasteiger partial charge in [-0.2, -0.15) is 0 Å². The van der Waals surface area contributed by atoms with E-state index in [1.54, 1.807) is 54.6 Å². The van der Waals surface area contributed by atoms with E-state index in [1.165, 1.54) is 6.08 Å². The van der Waals surface area contributed by atoms with E-state index in [0.29, 0.717) is 11.1 Å². The number of rotatable bonds is 8. The van der Waals surface area contributed by atoms with Gasteiger partial charge in [0.1, 0.15) is 11.7 Å². The zero-order valence-electron chi connectivity index (χ0n) is 16.2. The molecular formula is C22H23BrN2O4. The predicted molar refractivity (Wildman–Crippen MR) is 115 cm³/mol. The lowest BCUT2D eigenvalue weighted by Crippen LogP contribution is -2.45. The van der Waals surface area contributed by atoms with Gasteiger partial charge in [0.05, 0.1) is 0 Å². The van der Waals surface area contributed by atoms with Crippen LogP contribution in [0, 0.1) is 5.92 Å². The minimum absolute atomic E-state index is 0.0313. The molecule has 2 aromatic carbocycles. The Kier molecular flexibility index (Phi) is 8.15. The molecule has 0 spiro atoms. The summed E-state index contributed by atoms with van der Waals surface area (Å²) in [6, 6.07) is 14.6. The van der Waals surface area contributed by atoms with E-state index in [0.717, 1.165) is 4.47 Å². The molecule has 0 aliphatic heterocycles. The van der Waals surface area contributed by atoms with Crippen LogP contribution in [0.15, 0.2) is 64.8 Å². The number of carboxylic acid groups (broad SMARTS) is 1. The zero-order valence-corrected chi connectivity index (χ0v) is 17.8. The third-order valence-corrected chi connectivity index (χ3v) is 4.55. The summed E-state index contributed by atoms with van der Waals surface area (Å²) in [5.74, 6) is -2.16. The van der Waals surface area contributed by atoms with E-state index >= 15 is 0 Å². The summed E-state index contributed by atoms with van der Waals surface area (Å²) in [4.78, 5) is 36.9. The molecule has 0 aliphatic carbocycles. The fourth-order valence-electron chi connectivity index (χ4n) is 2.60. The Bertz CT molecular complexity index is 893. The van der Waals surface area contributed by atoms with E-state index in [1.807, 2.05) is 13.8 Å². The molecule has 2 amide bonds. The first-order chi connectivity index (χ1) is 13.8. The molecule has 0 aromatic heterocycles. The van der Waals surface area contributed by atoms with Gasteiger partial charge in [0.15, 0.2) is 0 Å². The van der Waals surface area contributed by atoms with Gasteiger partial charge in [0, 0.05) is 10.0 Å². The summed E-state index contributed by atoms with van der Waals surface area (Å²) < 4.78 is 0.872. The van der Waals surface area contributed by atoms with Crippen LogP contribution >= 0.6 is 15.9 Å². The summed E-state index contributed by atoms with van der Waals surface area (Å²) in [6.07, 6.45) is 1.79. The first-order valence-electron chi connectivity index (χ1n) is 9.13. The number of hydrogen-bond acceptors (Lipinski definition) is 3.